The van der Waals surface area contributed by atoms with Crippen LogP contribution in [0.1, 0.15) is 17.3 Å². The zero-order chi connectivity index (χ0) is 15.4. The Hall–Kier alpha value is -0.950. The summed E-state index contributed by atoms with van der Waals surface area (Å²) in [6.07, 6.45) is -0.0940. The Balaban J connectivity index is 2.06. The number of nitrogens with zero attached hydrogens (tertiary/aromatic N) is 1. The normalized spacial score (nSPS) is 21.1. The second-order valence-corrected chi connectivity index (χ2v) is 6.75. The largest absolute Gasteiger partial charge is 0.478 e. The second-order valence-electron chi connectivity index (χ2n) is 4.85. The van der Waals surface area contributed by atoms with Crippen molar-refractivity contribution in [2.45, 2.75) is 17.9 Å². The first-order valence-electron chi connectivity index (χ1n) is 6.76. The molecule has 0 bridgehead atoms. The first-order chi connectivity index (χ1) is 10.0. The van der Waals surface area contributed by atoms with Crippen molar-refractivity contribution in [3.63, 3.8) is 0 Å². The zero-order valence-corrected chi connectivity index (χ0v) is 13.3. The van der Waals surface area contributed by atoms with Crippen molar-refractivity contribution in [1.82, 2.24) is 4.90 Å². The van der Waals surface area contributed by atoms with Crippen LogP contribution in [0.25, 0.3) is 0 Å². The molecule has 0 saturated carbocycles. The number of likely N-dealkylation sites (N-methyl/N-ethyl adjacent to an activating group) is 1. The maximum atomic E-state index is 12.4. The zero-order valence-electron chi connectivity index (χ0n) is 11.8. The van der Waals surface area contributed by atoms with E-state index in [2.05, 4.69) is 11.8 Å². The Bertz CT molecular complexity index is 552. The van der Waals surface area contributed by atoms with E-state index in [-0.39, 0.29) is 16.7 Å². The molecule has 7 heteroatoms. The Morgan fingerprint density at radius 1 is 1.57 bits per heavy atom. The number of rotatable bonds is 5. The smallest absolute Gasteiger partial charge is 0.337 e. The molecule has 116 valence electrons. The number of carbonyl (C=O) groups is 1. The summed E-state index contributed by atoms with van der Waals surface area (Å²) in [6.45, 7) is 5.30. The molecule has 21 heavy (non-hydrogen) atoms. The van der Waals surface area contributed by atoms with Gasteiger partial charge in [-0.2, -0.15) is 0 Å². The summed E-state index contributed by atoms with van der Waals surface area (Å²) in [7, 11) is -1.31. The van der Waals surface area contributed by atoms with Crippen molar-refractivity contribution >= 4 is 28.4 Å². The summed E-state index contributed by atoms with van der Waals surface area (Å²) in [6, 6.07) is 4.45. The van der Waals surface area contributed by atoms with Gasteiger partial charge in [0.1, 0.15) is 0 Å². The molecule has 1 N–H and O–H groups in total. The van der Waals surface area contributed by atoms with E-state index >= 15 is 0 Å². The standard InChI is InChI=1S/C14H18ClNO4S/c1-2-16-5-6-20-10(8-16)9-21(19)11-3-4-13(15)12(7-11)14(17)18/h3-4,7,10H,2,5-6,8-9H2,1H3,(H,17,18). The first-order valence-corrected chi connectivity index (χ1v) is 8.46. The van der Waals surface area contributed by atoms with Crippen molar-refractivity contribution in [2.75, 3.05) is 32.0 Å². The Morgan fingerprint density at radius 3 is 3.00 bits per heavy atom. The molecule has 1 heterocycles. The van der Waals surface area contributed by atoms with E-state index in [4.69, 9.17) is 21.4 Å². The van der Waals surface area contributed by atoms with Gasteiger partial charge in [-0.25, -0.2) is 4.79 Å². The highest BCUT2D eigenvalue weighted by Crippen LogP contribution is 2.20. The molecule has 1 aliphatic heterocycles. The predicted octanol–water partition coefficient (Wildman–Crippen LogP) is 1.87. The number of carboxylic acids is 1. The Morgan fingerprint density at radius 2 is 2.33 bits per heavy atom. The molecule has 1 aromatic rings. The summed E-state index contributed by atoms with van der Waals surface area (Å²) in [5.41, 5.74) is -0.0257. The fraction of sp³-hybridized carbons (Fsp3) is 0.500. The van der Waals surface area contributed by atoms with Gasteiger partial charge in [0, 0.05) is 18.0 Å². The molecule has 0 amide bonds. The molecule has 2 atom stereocenters. The molecular formula is C14H18ClNO4S. The van der Waals surface area contributed by atoms with Gasteiger partial charge in [-0.05, 0) is 24.7 Å². The number of morpholine rings is 1. The van der Waals surface area contributed by atoms with Crippen molar-refractivity contribution in [3.8, 4) is 0 Å². The van der Waals surface area contributed by atoms with Crippen LogP contribution in [0.15, 0.2) is 23.1 Å². The quantitative estimate of drug-likeness (QED) is 0.892. The average Bonchev–Trinajstić information content (AvgIpc) is 2.47. The van der Waals surface area contributed by atoms with Crippen LogP contribution >= 0.6 is 11.6 Å². The summed E-state index contributed by atoms with van der Waals surface area (Å²) in [5, 5.41) is 9.19. The van der Waals surface area contributed by atoms with Gasteiger partial charge < -0.3 is 9.84 Å². The minimum absolute atomic E-state index is 0.0257. The Kier molecular flexibility index (Phi) is 5.75. The van der Waals surface area contributed by atoms with Crippen molar-refractivity contribution < 1.29 is 18.8 Å². The number of halogens is 1. The van der Waals surface area contributed by atoms with Gasteiger partial charge >= 0.3 is 5.97 Å². The lowest BCUT2D eigenvalue weighted by Crippen LogP contribution is -2.44. The number of hydrogen-bond donors (Lipinski definition) is 1. The monoisotopic (exact) mass is 331 g/mol. The fourth-order valence-corrected chi connectivity index (χ4v) is 3.64. The molecule has 1 fully saturated rings. The number of aromatic carboxylic acids is 1. The molecule has 1 saturated heterocycles. The lowest BCUT2D eigenvalue weighted by Gasteiger charge is -2.31. The molecule has 5 nitrogen and oxygen atoms in total. The minimum atomic E-state index is -1.31. The van der Waals surface area contributed by atoms with Gasteiger partial charge in [0.25, 0.3) is 0 Å². The van der Waals surface area contributed by atoms with E-state index < -0.39 is 16.8 Å². The van der Waals surface area contributed by atoms with E-state index in [9.17, 15) is 9.00 Å². The van der Waals surface area contributed by atoms with Crippen molar-refractivity contribution in [2.24, 2.45) is 0 Å². The van der Waals surface area contributed by atoms with E-state index in [0.29, 0.717) is 17.3 Å². The van der Waals surface area contributed by atoms with Gasteiger partial charge in [-0.15, -0.1) is 0 Å². The molecule has 2 unspecified atom stereocenters. The number of benzene rings is 1. The molecule has 1 aromatic carbocycles. The van der Waals surface area contributed by atoms with Crippen molar-refractivity contribution in [3.05, 3.63) is 28.8 Å². The average molecular weight is 332 g/mol. The molecule has 1 aliphatic rings. The highest BCUT2D eigenvalue weighted by molar-refractivity contribution is 7.85. The summed E-state index contributed by atoms with van der Waals surface area (Å²) >= 11 is 5.81. The van der Waals surface area contributed by atoms with Gasteiger partial charge in [0.05, 0.1) is 39.8 Å². The van der Waals surface area contributed by atoms with Crippen LogP contribution in [0, 0.1) is 0 Å². The lowest BCUT2D eigenvalue weighted by molar-refractivity contribution is -0.0141. The molecular weight excluding hydrogens is 314 g/mol. The van der Waals surface area contributed by atoms with E-state index in [1.807, 2.05) is 0 Å². The van der Waals surface area contributed by atoms with Crippen LogP contribution in [0.5, 0.6) is 0 Å². The third-order valence-electron chi connectivity index (χ3n) is 3.44. The molecule has 0 spiro atoms. The van der Waals surface area contributed by atoms with Crippen LogP contribution in [-0.4, -0.2) is 58.3 Å². The maximum Gasteiger partial charge on any atom is 0.337 e. The van der Waals surface area contributed by atoms with Crippen LogP contribution < -0.4 is 0 Å². The lowest BCUT2D eigenvalue weighted by atomic mass is 10.2. The first kappa shape index (κ1) is 16.4. The summed E-state index contributed by atoms with van der Waals surface area (Å²) in [4.78, 5) is 13.8. The molecule has 0 radical (unpaired) electrons. The third kappa shape index (κ3) is 4.26. The third-order valence-corrected chi connectivity index (χ3v) is 5.22. The maximum absolute atomic E-state index is 12.4. The predicted molar refractivity (Wildman–Crippen MR) is 81.5 cm³/mol. The van der Waals surface area contributed by atoms with Gasteiger partial charge in [-0.1, -0.05) is 18.5 Å². The molecule has 2 rings (SSSR count). The highest BCUT2D eigenvalue weighted by atomic mass is 35.5. The van der Waals surface area contributed by atoms with E-state index in [0.717, 1.165) is 19.6 Å². The van der Waals surface area contributed by atoms with Gasteiger partial charge in [0.15, 0.2) is 0 Å². The SMILES string of the molecule is CCN1CCOC(CS(=O)c2ccc(Cl)c(C(=O)O)c2)C1. The number of carboxylic acid groups (broad SMARTS) is 1. The summed E-state index contributed by atoms with van der Waals surface area (Å²) < 4.78 is 18.0. The van der Waals surface area contributed by atoms with Gasteiger partial charge in [-0.3, -0.25) is 9.11 Å². The number of ether oxygens (including phenoxy) is 1. The minimum Gasteiger partial charge on any atom is -0.478 e. The van der Waals surface area contributed by atoms with Crippen molar-refractivity contribution in [1.29, 1.82) is 0 Å². The van der Waals surface area contributed by atoms with Gasteiger partial charge in [0.2, 0.25) is 0 Å². The molecule has 0 aliphatic carbocycles. The Labute approximate surface area is 131 Å². The van der Waals surface area contributed by atoms with E-state index in [1.54, 1.807) is 6.07 Å². The second kappa shape index (κ2) is 7.35. The summed E-state index contributed by atoms with van der Waals surface area (Å²) in [5.74, 6) is -0.762. The van der Waals surface area contributed by atoms with Crippen LogP contribution in [0.2, 0.25) is 5.02 Å². The topological polar surface area (TPSA) is 66.8 Å². The highest BCUT2D eigenvalue weighted by Gasteiger charge is 2.22. The molecule has 0 aromatic heterocycles. The van der Waals surface area contributed by atoms with Crippen LogP contribution in [-0.2, 0) is 15.5 Å². The fourth-order valence-electron chi connectivity index (χ4n) is 2.24. The van der Waals surface area contributed by atoms with Crippen LogP contribution in [0.4, 0.5) is 0 Å². The van der Waals surface area contributed by atoms with Crippen LogP contribution in [0.3, 0.4) is 0 Å². The van der Waals surface area contributed by atoms with E-state index in [1.165, 1.54) is 12.1 Å². The number of hydrogen-bond acceptors (Lipinski definition) is 4.